The molecule has 2 aliphatic rings. The molecular formula is C16H20ClNO2. The minimum atomic E-state index is 0.122. The lowest BCUT2D eigenvalue weighted by Gasteiger charge is -2.43. The van der Waals surface area contributed by atoms with Crippen LogP contribution in [0.1, 0.15) is 41.6 Å². The Balaban J connectivity index is 1.81. The summed E-state index contributed by atoms with van der Waals surface area (Å²) in [6.45, 7) is 1.35. The highest BCUT2D eigenvalue weighted by Gasteiger charge is 2.36. The normalized spacial score (nSPS) is 26.1. The summed E-state index contributed by atoms with van der Waals surface area (Å²) in [6.07, 6.45) is 4.78. The van der Waals surface area contributed by atoms with E-state index < -0.39 is 0 Å². The SMILES string of the molecule is O=C(c1cccc(CCl)c1)N1CCOC2CCCCC21. The first-order valence-electron chi connectivity index (χ1n) is 7.37. The van der Waals surface area contributed by atoms with Crippen LogP contribution in [-0.4, -0.2) is 36.1 Å². The molecule has 0 bridgehead atoms. The smallest absolute Gasteiger partial charge is 0.254 e. The van der Waals surface area contributed by atoms with Crippen LogP contribution in [0.4, 0.5) is 0 Å². The number of nitrogens with zero attached hydrogens (tertiary/aromatic N) is 1. The molecule has 2 unspecified atom stereocenters. The third kappa shape index (κ3) is 2.70. The lowest BCUT2D eigenvalue weighted by atomic mass is 9.89. The number of amides is 1. The van der Waals surface area contributed by atoms with E-state index in [0.717, 1.165) is 24.0 Å². The molecule has 1 saturated carbocycles. The van der Waals surface area contributed by atoms with Gasteiger partial charge in [-0.15, -0.1) is 11.6 Å². The summed E-state index contributed by atoms with van der Waals surface area (Å²) in [6, 6.07) is 7.90. The zero-order valence-corrected chi connectivity index (χ0v) is 12.3. The number of halogens is 1. The molecule has 0 aromatic heterocycles. The number of benzene rings is 1. The molecule has 4 heteroatoms. The fourth-order valence-electron chi connectivity index (χ4n) is 3.30. The number of fused-ring (bicyclic) bond motifs is 1. The fourth-order valence-corrected chi connectivity index (χ4v) is 3.47. The van der Waals surface area contributed by atoms with E-state index in [2.05, 4.69) is 0 Å². The highest BCUT2D eigenvalue weighted by atomic mass is 35.5. The Hall–Kier alpha value is -1.06. The van der Waals surface area contributed by atoms with Crippen molar-refractivity contribution in [3.63, 3.8) is 0 Å². The van der Waals surface area contributed by atoms with E-state index in [9.17, 15) is 4.79 Å². The molecule has 1 aliphatic carbocycles. The van der Waals surface area contributed by atoms with E-state index in [-0.39, 0.29) is 18.1 Å². The Kier molecular flexibility index (Phi) is 4.27. The highest BCUT2D eigenvalue weighted by Crippen LogP contribution is 2.29. The van der Waals surface area contributed by atoms with Gasteiger partial charge in [0, 0.05) is 18.0 Å². The van der Waals surface area contributed by atoms with E-state index >= 15 is 0 Å². The van der Waals surface area contributed by atoms with Crippen molar-refractivity contribution < 1.29 is 9.53 Å². The topological polar surface area (TPSA) is 29.5 Å². The fraction of sp³-hybridized carbons (Fsp3) is 0.562. The molecule has 2 atom stereocenters. The van der Waals surface area contributed by atoms with Crippen molar-refractivity contribution in [3.8, 4) is 0 Å². The van der Waals surface area contributed by atoms with E-state index in [1.54, 1.807) is 0 Å². The van der Waals surface area contributed by atoms with Crippen LogP contribution in [0, 0.1) is 0 Å². The quantitative estimate of drug-likeness (QED) is 0.784. The summed E-state index contributed by atoms with van der Waals surface area (Å²) in [5, 5.41) is 0. The minimum Gasteiger partial charge on any atom is -0.374 e. The van der Waals surface area contributed by atoms with Crippen LogP contribution in [0.3, 0.4) is 0 Å². The Morgan fingerprint density at radius 2 is 2.20 bits per heavy atom. The molecule has 20 heavy (non-hydrogen) atoms. The number of carbonyl (C=O) groups is 1. The van der Waals surface area contributed by atoms with Crippen LogP contribution in [0.15, 0.2) is 24.3 Å². The number of carbonyl (C=O) groups excluding carboxylic acids is 1. The zero-order valence-electron chi connectivity index (χ0n) is 11.6. The number of alkyl halides is 1. The Bertz CT molecular complexity index is 489. The number of ether oxygens (including phenoxy) is 1. The monoisotopic (exact) mass is 293 g/mol. The van der Waals surface area contributed by atoms with Gasteiger partial charge in [0.1, 0.15) is 0 Å². The van der Waals surface area contributed by atoms with E-state index in [4.69, 9.17) is 16.3 Å². The third-order valence-corrected chi connectivity index (χ3v) is 4.63. The second kappa shape index (κ2) is 6.15. The summed E-state index contributed by atoms with van der Waals surface area (Å²) in [4.78, 5) is 14.8. The Morgan fingerprint density at radius 1 is 1.35 bits per heavy atom. The zero-order chi connectivity index (χ0) is 13.9. The largest absolute Gasteiger partial charge is 0.374 e. The molecular weight excluding hydrogens is 274 g/mol. The van der Waals surface area contributed by atoms with E-state index in [1.165, 1.54) is 12.8 Å². The van der Waals surface area contributed by atoms with Gasteiger partial charge < -0.3 is 9.64 Å². The lowest BCUT2D eigenvalue weighted by Crippen LogP contribution is -2.54. The maximum atomic E-state index is 12.8. The van der Waals surface area contributed by atoms with Gasteiger partial charge in [-0.3, -0.25) is 4.79 Å². The number of hydrogen-bond acceptors (Lipinski definition) is 2. The lowest BCUT2D eigenvalue weighted by molar-refractivity contribution is -0.0752. The second-order valence-electron chi connectivity index (χ2n) is 5.59. The first-order chi connectivity index (χ1) is 9.79. The first-order valence-corrected chi connectivity index (χ1v) is 7.90. The average Bonchev–Trinajstić information content (AvgIpc) is 2.53. The van der Waals surface area contributed by atoms with Gasteiger partial charge in [0.2, 0.25) is 0 Å². The molecule has 1 aliphatic heterocycles. The van der Waals surface area contributed by atoms with Gasteiger partial charge in [-0.25, -0.2) is 0 Å². The molecule has 3 rings (SSSR count). The van der Waals surface area contributed by atoms with Crippen LogP contribution in [0.5, 0.6) is 0 Å². The van der Waals surface area contributed by atoms with Crippen molar-refractivity contribution >= 4 is 17.5 Å². The maximum absolute atomic E-state index is 12.8. The van der Waals surface area contributed by atoms with Gasteiger partial charge in [-0.1, -0.05) is 25.0 Å². The molecule has 1 aromatic carbocycles. The molecule has 1 heterocycles. The second-order valence-corrected chi connectivity index (χ2v) is 5.86. The van der Waals surface area contributed by atoms with Crippen molar-refractivity contribution in [1.29, 1.82) is 0 Å². The highest BCUT2D eigenvalue weighted by molar-refractivity contribution is 6.17. The summed E-state index contributed by atoms with van der Waals surface area (Å²) in [7, 11) is 0. The van der Waals surface area contributed by atoms with Crippen LogP contribution in [-0.2, 0) is 10.6 Å². The summed E-state index contributed by atoms with van der Waals surface area (Å²) in [5.74, 6) is 0.563. The van der Waals surface area contributed by atoms with Crippen molar-refractivity contribution in [2.45, 2.75) is 43.7 Å². The molecule has 0 radical (unpaired) electrons. The Morgan fingerprint density at radius 3 is 3.05 bits per heavy atom. The summed E-state index contributed by atoms with van der Waals surface area (Å²) in [5.41, 5.74) is 1.74. The minimum absolute atomic E-state index is 0.122. The van der Waals surface area contributed by atoms with Crippen molar-refractivity contribution in [1.82, 2.24) is 4.90 Å². The molecule has 108 valence electrons. The van der Waals surface area contributed by atoms with Gasteiger partial charge in [-0.2, -0.15) is 0 Å². The van der Waals surface area contributed by atoms with Gasteiger partial charge in [0.15, 0.2) is 0 Å². The molecule has 0 N–H and O–H groups in total. The number of hydrogen-bond donors (Lipinski definition) is 0. The average molecular weight is 294 g/mol. The summed E-state index contributed by atoms with van der Waals surface area (Å²) >= 11 is 5.86. The molecule has 1 amide bonds. The number of morpholine rings is 1. The van der Waals surface area contributed by atoms with Gasteiger partial charge in [-0.05, 0) is 30.5 Å². The van der Waals surface area contributed by atoms with Crippen molar-refractivity contribution in [3.05, 3.63) is 35.4 Å². The van der Waals surface area contributed by atoms with Crippen LogP contribution < -0.4 is 0 Å². The Labute approximate surface area is 124 Å². The van der Waals surface area contributed by atoms with Crippen LogP contribution >= 0.6 is 11.6 Å². The molecule has 1 aromatic rings. The van der Waals surface area contributed by atoms with Crippen LogP contribution in [0.2, 0.25) is 0 Å². The maximum Gasteiger partial charge on any atom is 0.254 e. The van der Waals surface area contributed by atoms with Crippen molar-refractivity contribution in [2.75, 3.05) is 13.2 Å². The van der Waals surface area contributed by atoms with Gasteiger partial charge in [0.25, 0.3) is 5.91 Å². The predicted molar refractivity (Wildman–Crippen MR) is 79.0 cm³/mol. The van der Waals surface area contributed by atoms with Gasteiger partial charge >= 0.3 is 0 Å². The standard InChI is InChI=1S/C16H20ClNO2/c17-11-12-4-3-5-13(10-12)16(19)18-8-9-20-15-7-2-1-6-14(15)18/h3-5,10,14-15H,1-2,6-9,11H2. The predicted octanol–water partition coefficient (Wildman–Crippen LogP) is 3.21. The van der Waals surface area contributed by atoms with E-state index in [1.807, 2.05) is 29.2 Å². The van der Waals surface area contributed by atoms with Crippen LogP contribution in [0.25, 0.3) is 0 Å². The van der Waals surface area contributed by atoms with Crippen molar-refractivity contribution in [2.24, 2.45) is 0 Å². The number of rotatable bonds is 2. The molecule has 0 spiro atoms. The van der Waals surface area contributed by atoms with E-state index in [0.29, 0.717) is 19.0 Å². The third-order valence-electron chi connectivity index (χ3n) is 4.32. The summed E-state index contributed by atoms with van der Waals surface area (Å²) < 4.78 is 5.83. The molecule has 2 fully saturated rings. The molecule has 1 saturated heterocycles. The first kappa shape index (κ1) is 13.9. The molecule has 3 nitrogen and oxygen atoms in total. The van der Waals surface area contributed by atoms with Gasteiger partial charge in [0.05, 0.1) is 18.8 Å².